The highest BCUT2D eigenvalue weighted by Crippen LogP contribution is 2.18. The number of rotatable bonds is 5. The first kappa shape index (κ1) is 28.8. The molecule has 5 amide bonds. The Labute approximate surface area is 234 Å². The summed E-state index contributed by atoms with van der Waals surface area (Å²) in [6.07, 6.45) is 1.50. The van der Waals surface area contributed by atoms with Crippen molar-refractivity contribution in [3.63, 3.8) is 0 Å². The van der Waals surface area contributed by atoms with Crippen LogP contribution in [0.3, 0.4) is 0 Å². The van der Waals surface area contributed by atoms with E-state index in [0.717, 1.165) is 11.1 Å². The number of nitrogens with zero attached hydrogens (tertiary/aromatic N) is 1. The third kappa shape index (κ3) is 7.25. The van der Waals surface area contributed by atoms with E-state index in [2.05, 4.69) is 21.3 Å². The van der Waals surface area contributed by atoms with Crippen molar-refractivity contribution in [2.45, 2.75) is 63.7 Å². The van der Waals surface area contributed by atoms with Crippen LogP contribution in [-0.2, 0) is 36.8 Å². The molecule has 2 aliphatic rings. The van der Waals surface area contributed by atoms with Crippen LogP contribution in [0.1, 0.15) is 37.8 Å². The Morgan fingerprint density at radius 1 is 0.725 bits per heavy atom. The molecule has 4 rings (SSSR count). The van der Waals surface area contributed by atoms with E-state index in [0.29, 0.717) is 19.4 Å². The van der Waals surface area contributed by atoms with Gasteiger partial charge >= 0.3 is 0 Å². The van der Waals surface area contributed by atoms with Crippen LogP contribution in [0.2, 0.25) is 0 Å². The zero-order chi connectivity index (χ0) is 28.6. The minimum Gasteiger partial charge on any atom is -0.345 e. The van der Waals surface area contributed by atoms with Crippen LogP contribution >= 0.6 is 0 Å². The first-order valence-corrected chi connectivity index (χ1v) is 13.8. The van der Waals surface area contributed by atoms with Gasteiger partial charge in [0.1, 0.15) is 24.2 Å². The smallest absolute Gasteiger partial charge is 0.243 e. The Morgan fingerprint density at radius 2 is 1.27 bits per heavy atom. The van der Waals surface area contributed by atoms with E-state index >= 15 is 0 Å². The normalized spacial score (nSPS) is 24.8. The number of hydrogen-bond donors (Lipinski definition) is 4. The molecule has 2 aromatic rings. The second kappa shape index (κ2) is 13.2. The van der Waals surface area contributed by atoms with Crippen molar-refractivity contribution in [2.75, 3.05) is 13.1 Å². The third-order valence-electron chi connectivity index (χ3n) is 7.37. The first-order chi connectivity index (χ1) is 19.2. The highest BCUT2D eigenvalue weighted by atomic mass is 16.2. The van der Waals surface area contributed by atoms with Crippen molar-refractivity contribution in [2.24, 2.45) is 5.92 Å². The van der Waals surface area contributed by atoms with Crippen LogP contribution in [0.4, 0.5) is 0 Å². The lowest BCUT2D eigenvalue weighted by Gasteiger charge is -2.28. The van der Waals surface area contributed by atoms with E-state index < -0.39 is 53.7 Å². The molecule has 0 saturated carbocycles. The molecule has 2 aromatic carbocycles. The second-order valence-electron chi connectivity index (χ2n) is 10.7. The Hall–Kier alpha value is -4.21. The molecular formula is C30H37N5O5. The standard InChI is InChI=1S/C30H37N5O5/c1-19(2)26-30(40)33-22(16-20-10-5-3-6-11-20)27(37)31-18-25(36)35-15-9-14-24(35)29(39)32-23(28(38)34-26)17-21-12-7-4-8-13-21/h3-8,10-13,19,22-24,26H,9,14-18H2,1-2H3,(H,31,37)(H,32,39)(H,33,40)(H,34,38)/t22-,23-,24-,26-/m0/s1. The summed E-state index contributed by atoms with van der Waals surface area (Å²) in [5.74, 6) is -2.69. The van der Waals surface area contributed by atoms with Crippen LogP contribution in [0.25, 0.3) is 0 Å². The topological polar surface area (TPSA) is 137 Å². The molecule has 2 heterocycles. The molecule has 0 aromatic heterocycles. The van der Waals surface area contributed by atoms with Gasteiger partial charge in [-0.15, -0.1) is 0 Å². The van der Waals surface area contributed by atoms with Crippen molar-refractivity contribution in [3.05, 3.63) is 71.8 Å². The van der Waals surface area contributed by atoms with Gasteiger partial charge in [0.05, 0.1) is 6.54 Å². The van der Waals surface area contributed by atoms with Gasteiger partial charge in [-0.05, 0) is 29.9 Å². The number of benzene rings is 2. The number of carbonyl (C=O) groups excluding carboxylic acids is 5. The number of nitrogens with one attached hydrogen (secondary N) is 4. The molecule has 0 unspecified atom stereocenters. The molecule has 40 heavy (non-hydrogen) atoms. The summed E-state index contributed by atoms with van der Waals surface area (Å²) in [6, 6.07) is 14.9. The van der Waals surface area contributed by atoms with E-state index in [-0.39, 0.29) is 25.3 Å². The fourth-order valence-corrected chi connectivity index (χ4v) is 5.16. The largest absolute Gasteiger partial charge is 0.345 e. The number of carbonyl (C=O) groups is 5. The Morgan fingerprint density at radius 3 is 1.85 bits per heavy atom. The molecule has 0 bridgehead atoms. The van der Waals surface area contributed by atoms with Gasteiger partial charge in [0.25, 0.3) is 0 Å². The maximum atomic E-state index is 13.6. The van der Waals surface area contributed by atoms with Crippen LogP contribution in [-0.4, -0.2) is 71.7 Å². The number of amides is 5. The van der Waals surface area contributed by atoms with Crippen molar-refractivity contribution >= 4 is 29.5 Å². The Bertz CT molecular complexity index is 1220. The summed E-state index contributed by atoms with van der Waals surface area (Å²) in [5.41, 5.74) is 1.66. The molecule has 4 atom stereocenters. The molecule has 10 nitrogen and oxygen atoms in total. The SMILES string of the molecule is CC(C)[C@@H]1NC(=O)[C@H](Cc2ccccc2)NC(=O)[C@@H]2CCCN2C(=O)CNC(=O)[C@H](Cc2ccccc2)NC1=O. The summed E-state index contributed by atoms with van der Waals surface area (Å²) in [5, 5.41) is 11.1. The molecule has 10 heteroatoms. The van der Waals surface area contributed by atoms with Crippen LogP contribution in [0, 0.1) is 5.92 Å². The highest BCUT2D eigenvalue weighted by molar-refractivity contribution is 5.97. The predicted molar refractivity (Wildman–Crippen MR) is 149 cm³/mol. The minimum absolute atomic E-state index is 0.203. The van der Waals surface area contributed by atoms with Gasteiger partial charge < -0.3 is 26.2 Å². The molecule has 0 radical (unpaired) electrons. The average Bonchev–Trinajstić information content (AvgIpc) is 3.44. The second-order valence-corrected chi connectivity index (χ2v) is 10.7. The lowest BCUT2D eigenvalue weighted by atomic mass is 9.99. The highest BCUT2D eigenvalue weighted by Gasteiger charge is 2.38. The molecule has 2 aliphatic heterocycles. The summed E-state index contributed by atoms with van der Waals surface area (Å²) in [6.45, 7) is 3.67. The van der Waals surface area contributed by atoms with E-state index in [1.807, 2.05) is 60.7 Å². The summed E-state index contributed by atoms with van der Waals surface area (Å²) >= 11 is 0. The maximum absolute atomic E-state index is 13.6. The monoisotopic (exact) mass is 547 g/mol. The first-order valence-electron chi connectivity index (χ1n) is 13.8. The molecule has 2 saturated heterocycles. The summed E-state index contributed by atoms with van der Waals surface area (Å²) < 4.78 is 0. The Kier molecular flexibility index (Phi) is 9.52. The van der Waals surface area contributed by atoms with Gasteiger partial charge in [0, 0.05) is 19.4 Å². The predicted octanol–water partition coefficient (Wildman–Crippen LogP) is 0.703. The molecule has 0 aliphatic carbocycles. The van der Waals surface area contributed by atoms with Gasteiger partial charge in [0.2, 0.25) is 29.5 Å². The fraction of sp³-hybridized carbons (Fsp3) is 0.433. The van der Waals surface area contributed by atoms with Crippen molar-refractivity contribution in [1.29, 1.82) is 0 Å². The Balaban J connectivity index is 1.65. The van der Waals surface area contributed by atoms with Crippen LogP contribution in [0.5, 0.6) is 0 Å². The van der Waals surface area contributed by atoms with Crippen LogP contribution < -0.4 is 21.3 Å². The third-order valence-corrected chi connectivity index (χ3v) is 7.37. The fourth-order valence-electron chi connectivity index (χ4n) is 5.16. The van der Waals surface area contributed by atoms with Gasteiger partial charge in [-0.2, -0.15) is 0 Å². The van der Waals surface area contributed by atoms with Crippen molar-refractivity contribution < 1.29 is 24.0 Å². The van der Waals surface area contributed by atoms with E-state index in [1.54, 1.807) is 13.8 Å². The van der Waals surface area contributed by atoms with Gasteiger partial charge in [-0.3, -0.25) is 24.0 Å². The maximum Gasteiger partial charge on any atom is 0.243 e. The molecule has 0 spiro atoms. The molecular weight excluding hydrogens is 510 g/mol. The molecule has 4 N–H and O–H groups in total. The average molecular weight is 548 g/mol. The van der Waals surface area contributed by atoms with E-state index in [9.17, 15) is 24.0 Å². The minimum atomic E-state index is -0.972. The van der Waals surface area contributed by atoms with E-state index in [1.165, 1.54) is 4.90 Å². The zero-order valence-corrected chi connectivity index (χ0v) is 22.9. The molecule has 212 valence electrons. The van der Waals surface area contributed by atoms with Gasteiger partial charge in [0.15, 0.2) is 0 Å². The lowest BCUT2D eigenvalue weighted by molar-refractivity contribution is -0.139. The van der Waals surface area contributed by atoms with Gasteiger partial charge in [-0.1, -0.05) is 74.5 Å². The summed E-state index contributed by atoms with van der Waals surface area (Å²) in [7, 11) is 0. The quantitative estimate of drug-likeness (QED) is 0.437. The zero-order valence-electron chi connectivity index (χ0n) is 22.9. The summed E-state index contributed by atoms with van der Waals surface area (Å²) in [4.78, 5) is 68.2. The molecule has 2 fully saturated rings. The van der Waals surface area contributed by atoms with E-state index in [4.69, 9.17) is 0 Å². The number of fused-ring (bicyclic) bond motifs is 1. The van der Waals surface area contributed by atoms with Crippen molar-refractivity contribution in [1.82, 2.24) is 26.2 Å². The van der Waals surface area contributed by atoms with Gasteiger partial charge in [-0.25, -0.2) is 0 Å². The van der Waals surface area contributed by atoms with Crippen LogP contribution in [0.15, 0.2) is 60.7 Å². The number of hydrogen-bond acceptors (Lipinski definition) is 5. The van der Waals surface area contributed by atoms with Crippen molar-refractivity contribution in [3.8, 4) is 0 Å². The lowest BCUT2D eigenvalue weighted by Crippen LogP contribution is -2.59.